The minimum atomic E-state index is -4.35. The van der Waals surface area contributed by atoms with Crippen molar-refractivity contribution in [3.8, 4) is 0 Å². The van der Waals surface area contributed by atoms with Gasteiger partial charge in [-0.3, -0.25) is 0 Å². The van der Waals surface area contributed by atoms with Crippen LogP contribution in [0.2, 0.25) is 0 Å². The predicted molar refractivity (Wildman–Crippen MR) is 78.6 cm³/mol. The van der Waals surface area contributed by atoms with E-state index in [0.29, 0.717) is 18.3 Å². The molecule has 1 fully saturated rings. The van der Waals surface area contributed by atoms with Crippen LogP contribution in [-0.4, -0.2) is 24.1 Å². The van der Waals surface area contributed by atoms with Gasteiger partial charge in [0.2, 0.25) is 0 Å². The van der Waals surface area contributed by atoms with Gasteiger partial charge in [-0.05, 0) is 37.8 Å². The number of halogens is 3. The van der Waals surface area contributed by atoms with Crippen LogP contribution in [0.1, 0.15) is 39.2 Å². The number of hydrogen-bond acceptors (Lipinski definition) is 3. The second kappa shape index (κ2) is 6.12. The molecular weight excluding hydrogens is 279 g/mol. The largest absolute Gasteiger partial charge is 0.416 e. The molecule has 1 aromatic rings. The summed E-state index contributed by atoms with van der Waals surface area (Å²) in [6.07, 6.45) is -2.35. The van der Waals surface area contributed by atoms with Gasteiger partial charge in [0.05, 0.1) is 5.56 Å². The molecule has 0 saturated carbocycles. The highest BCUT2D eigenvalue weighted by Crippen LogP contribution is 2.35. The maximum Gasteiger partial charge on any atom is 0.416 e. The number of pyridine rings is 1. The Morgan fingerprint density at radius 3 is 2.67 bits per heavy atom. The second-order valence-electron chi connectivity index (χ2n) is 5.77. The molecule has 1 unspecified atom stereocenters. The van der Waals surface area contributed by atoms with Gasteiger partial charge in [0, 0.05) is 19.1 Å². The summed E-state index contributed by atoms with van der Waals surface area (Å²) in [7, 11) is 0. The lowest BCUT2D eigenvalue weighted by atomic mass is 10.0. The van der Waals surface area contributed by atoms with Gasteiger partial charge in [-0.1, -0.05) is 13.8 Å². The third-order valence-corrected chi connectivity index (χ3v) is 3.86. The van der Waals surface area contributed by atoms with Crippen LogP contribution in [0, 0.1) is 5.92 Å². The highest BCUT2D eigenvalue weighted by molar-refractivity contribution is 5.52. The molecule has 1 saturated heterocycles. The zero-order valence-corrected chi connectivity index (χ0v) is 12.7. The van der Waals surface area contributed by atoms with Gasteiger partial charge in [0.1, 0.15) is 11.6 Å². The van der Waals surface area contributed by atoms with Crippen LogP contribution >= 0.6 is 0 Å². The first kappa shape index (κ1) is 15.9. The standard InChI is InChI=1S/C15H22F3N3/c1-4-19-13-8-11(15(16,17)18)9-14(20-13)21-7-5-6-12(21)10(2)3/h8-10,12H,4-7H2,1-3H3,(H,19,20). The molecule has 2 rings (SSSR count). The fourth-order valence-corrected chi connectivity index (χ4v) is 2.87. The van der Waals surface area contributed by atoms with Gasteiger partial charge in [0.15, 0.2) is 0 Å². The summed E-state index contributed by atoms with van der Waals surface area (Å²) < 4.78 is 39.2. The molecule has 6 heteroatoms. The van der Waals surface area contributed by atoms with Gasteiger partial charge in [-0.15, -0.1) is 0 Å². The van der Waals surface area contributed by atoms with Gasteiger partial charge in [-0.2, -0.15) is 13.2 Å². The fourth-order valence-electron chi connectivity index (χ4n) is 2.87. The van der Waals surface area contributed by atoms with E-state index in [1.807, 2.05) is 11.8 Å². The van der Waals surface area contributed by atoms with Crippen molar-refractivity contribution >= 4 is 11.6 Å². The summed E-state index contributed by atoms with van der Waals surface area (Å²) in [6.45, 7) is 7.35. The van der Waals surface area contributed by atoms with Crippen molar-refractivity contribution in [1.29, 1.82) is 0 Å². The van der Waals surface area contributed by atoms with E-state index in [2.05, 4.69) is 24.1 Å². The van der Waals surface area contributed by atoms with Crippen LogP contribution < -0.4 is 10.2 Å². The third-order valence-electron chi connectivity index (χ3n) is 3.86. The Kier molecular flexibility index (Phi) is 4.64. The van der Waals surface area contributed by atoms with Crippen molar-refractivity contribution in [1.82, 2.24) is 4.98 Å². The predicted octanol–water partition coefficient (Wildman–Crippen LogP) is 4.16. The molecule has 1 aromatic heterocycles. The van der Waals surface area contributed by atoms with E-state index in [-0.39, 0.29) is 11.9 Å². The number of alkyl halides is 3. The maximum absolute atomic E-state index is 13.1. The summed E-state index contributed by atoms with van der Waals surface area (Å²) >= 11 is 0. The van der Waals surface area contributed by atoms with Crippen LogP contribution in [0.25, 0.3) is 0 Å². The first-order valence-electron chi connectivity index (χ1n) is 7.42. The Balaban J connectivity index is 2.40. The SMILES string of the molecule is CCNc1cc(C(F)(F)F)cc(N2CCCC2C(C)C)n1. The summed E-state index contributed by atoms with van der Waals surface area (Å²) in [5.41, 5.74) is -0.641. The first-order valence-corrected chi connectivity index (χ1v) is 7.42. The number of hydrogen-bond donors (Lipinski definition) is 1. The monoisotopic (exact) mass is 301 g/mol. The second-order valence-corrected chi connectivity index (χ2v) is 5.77. The van der Waals surface area contributed by atoms with Gasteiger partial charge >= 0.3 is 6.18 Å². The molecule has 3 nitrogen and oxygen atoms in total. The van der Waals surface area contributed by atoms with E-state index < -0.39 is 11.7 Å². The van der Waals surface area contributed by atoms with E-state index in [0.717, 1.165) is 25.5 Å². The first-order chi connectivity index (χ1) is 9.82. The average Bonchev–Trinajstić information content (AvgIpc) is 2.87. The smallest absolute Gasteiger partial charge is 0.370 e. The molecule has 0 amide bonds. The van der Waals surface area contributed by atoms with Crippen LogP contribution in [0.4, 0.5) is 24.8 Å². The molecule has 0 aromatic carbocycles. The van der Waals surface area contributed by atoms with E-state index >= 15 is 0 Å². The highest BCUT2D eigenvalue weighted by atomic mass is 19.4. The molecule has 0 aliphatic carbocycles. The summed E-state index contributed by atoms with van der Waals surface area (Å²) in [5, 5.41) is 2.89. The van der Waals surface area contributed by atoms with Crippen molar-refractivity contribution in [2.24, 2.45) is 5.92 Å². The van der Waals surface area contributed by atoms with Crippen LogP contribution in [0.3, 0.4) is 0 Å². The van der Waals surface area contributed by atoms with Gasteiger partial charge < -0.3 is 10.2 Å². The molecule has 0 radical (unpaired) electrons. The number of aromatic nitrogens is 1. The van der Waals surface area contributed by atoms with Crippen molar-refractivity contribution in [2.75, 3.05) is 23.3 Å². The van der Waals surface area contributed by atoms with Crippen molar-refractivity contribution in [2.45, 2.75) is 45.8 Å². The Labute approximate surface area is 123 Å². The van der Waals surface area contributed by atoms with Gasteiger partial charge in [0.25, 0.3) is 0 Å². The summed E-state index contributed by atoms with van der Waals surface area (Å²) in [6, 6.07) is 2.50. The molecule has 1 aliphatic rings. The molecule has 2 heterocycles. The minimum absolute atomic E-state index is 0.260. The van der Waals surface area contributed by atoms with Crippen molar-refractivity contribution < 1.29 is 13.2 Å². The van der Waals surface area contributed by atoms with E-state index in [4.69, 9.17) is 0 Å². The summed E-state index contributed by atoms with van der Waals surface area (Å²) in [4.78, 5) is 6.38. The Hall–Kier alpha value is -1.46. The van der Waals surface area contributed by atoms with Crippen molar-refractivity contribution in [3.63, 3.8) is 0 Å². The average molecular weight is 301 g/mol. The van der Waals surface area contributed by atoms with Crippen LogP contribution in [0.15, 0.2) is 12.1 Å². The molecule has 1 atom stereocenters. The lowest BCUT2D eigenvalue weighted by molar-refractivity contribution is -0.137. The summed E-state index contributed by atoms with van der Waals surface area (Å²) in [5.74, 6) is 1.11. The molecular formula is C15H22F3N3. The maximum atomic E-state index is 13.1. The Morgan fingerprint density at radius 2 is 2.10 bits per heavy atom. The third kappa shape index (κ3) is 3.60. The van der Waals surface area contributed by atoms with Crippen LogP contribution in [-0.2, 0) is 6.18 Å². The van der Waals surface area contributed by atoms with E-state index in [1.165, 1.54) is 6.07 Å². The molecule has 1 N–H and O–H groups in total. The molecule has 0 spiro atoms. The number of nitrogens with one attached hydrogen (secondary N) is 1. The number of rotatable bonds is 4. The molecule has 21 heavy (non-hydrogen) atoms. The molecule has 1 aliphatic heterocycles. The zero-order valence-electron chi connectivity index (χ0n) is 12.7. The zero-order chi connectivity index (χ0) is 15.6. The molecule has 118 valence electrons. The van der Waals surface area contributed by atoms with Gasteiger partial charge in [-0.25, -0.2) is 4.98 Å². The van der Waals surface area contributed by atoms with E-state index in [9.17, 15) is 13.2 Å². The van der Waals surface area contributed by atoms with E-state index in [1.54, 1.807) is 0 Å². The molecule has 0 bridgehead atoms. The normalized spacial score (nSPS) is 19.4. The number of anilines is 2. The fraction of sp³-hybridized carbons (Fsp3) is 0.667. The lowest BCUT2D eigenvalue weighted by Crippen LogP contribution is -2.34. The Morgan fingerprint density at radius 1 is 1.38 bits per heavy atom. The van der Waals surface area contributed by atoms with Crippen LogP contribution in [0.5, 0.6) is 0 Å². The van der Waals surface area contributed by atoms with Crippen molar-refractivity contribution in [3.05, 3.63) is 17.7 Å². The highest BCUT2D eigenvalue weighted by Gasteiger charge is 2.34. The number of nitrogens with zero attached hydrogens (tertiary/aromatic N) is 2. The minimum Gasteiger partial charge on any atom is -0.370 e. The topological polar surface area (TPSA) is 28.2 Å². The quantitative estimate of drug-likeness (QED) is 0.905. The lowest BCUT2D eigenvalue weighted by Gasteiger charge is -2.29. The Bertz CT molecular complexity index is 486.